The molecule has 1 heterocycles. The van der Waals surface area contributed by atoms with Crippen molar-refractivity contribution in [1.29, 1.82) is 0 Å². The molecular formula is C13H16ClN3OS. The summed E-state index contributed by atoms with van der Waals surface area (Å²) in [4.78, 5) is 0.652. The second-order valence-corrected chi connectivity index (χ2v) is 6.23. The Bertz CT molecular complexity index is 652. The van der Waals surface area contributed by atoms with Crippen LogP contribution in [-0.4, -0.2) is 14.0 Å². The number of nitrogens with zero attached hydrogens (tertiary/aromatic N) is 2. The van der Waals surface area contributed by atoms with E-state index in [9.17, 15) is 4.21 Å². The Labute approximate surface area is 120 Å². The number of nitrogen functional groups attached to an aromatic ring is 1. The Morgan fingerprint density at radius 3 is 2.68 bits per heavy atom. The van der Waals surface area contributed by atoms with Crippen LogP contribution in [-0.2, 0) is 23.6 Å². The lowest BCUT2D eigenvalue weighted by molar-refractivity contribution is 0.682. The number of hydrogen-bond donors (Lipinski definition) is 1. The summed E-state index contributed by atoms with van der Waals surface area (Å²) in [5, 5.41) is 4.74. The molecule has 0 aliphatic heterocycles. The molecule has 0 amide bonds. The van der Waals surface area contributed by atoms with E-state index in [1.807, 2.05) is 26.0 Å². The zero-order chi connectivity index (χ0) is 14.2. The van der Waals surface area contributed by atoms with E-state index in [1.165, 1.54) is 0 Å². The van der Waals surface area contributed by atoms with Gasteiger partial charge in [-0.3, -0.25) is 8.89 Å². The van der Waals surface area contributed by atoms with Gasteiger partial charge in [0.2, 0.25) is 0 Å². The molecule has 1 atom stereocenters. The van der Waals surface area contributed by atoms with Crippen molar-refractivity contribution in [3.8, 4) is 0 Å². The molecule has 0 aliphatic carbocycles. The minimum atomic E-state index is -1.23. The van der Waals surface area contributed by atoms with Gasteiger partial charge >= 0.3 is 0 Å². The molecule has 1 aromatic carbocycles. The minimum Gasteiger partial charge on any atom is -0.398 e. The highest BCUT2D eigenvalue weighted by molar-refractivity contribution is 7.84. The van der Waals surface area contributed by atoms with Crippen molar-refractivity contribution >= 4 is 28.1 Å². The van der Waals surface area contributed by atoms with Gasteiger partial charge in [0.1, 0.15) is 5.15 Å². The first-order valence-corrected chi connectivity index (χ1v) is 7.53. The largest absolute Gasteiger partial charge is 0.398 e. The summed E-state index contributed by atoms with van der Waals surface area (Å²) in [7, 11) is 0.540. The number of para-hydroxylation sites is 1. The van der Waals surface area contributed by atoms with Gasteiger partial charge in [0, 0.05) is 12.6 Å². The quantitative estimate of drug-likeness (QED) is 0.886. The van der Waals surface area contributed by atoms with E-state index >= 15 is 0 Å². The normalized spacial score (nSPS) is 12.6. The first-order valence-electron chi connectivity index (χ1n) is 5.83. The van der Waals surface area contributed by atoms with E-state index in [4.69, 9.17) is 17.3 Å². The fourth-order valence-electron chi connectivity index (χ4n) is 1.90. The molecule has 0 bridgehead atoms. The van der Waals surface area contributed by atoms with Crippen LogP contribution in [0, 0.1) is 13.8 Å². The fraction of sp³-hybridized carbons (Fsp3) is 0.308. The monoisotopic (exact) mass is 297 g/mol. The highest BCUT2D eigenvalue weighted by atomic mass is 35.5. The van der Waals surface area contributed by atoms with Crippen LogP contribution in [0.2, 0.25) is 5.15 Å². The average Bonchev–Trinajstić information content (AvgIpc) is 2.59. The lowest BCUT2D eigenvalue weighted by Gasteiger charge is -2.08. The van der Waals surface area contributed by atoms with Crippen molar-refractivity contribution in [2.24, 2.45) is 7.05 Å². The topological polar surface area (TPSA) is 60.9 Å². The molecule has 4 nitrogen and oxygen atoms in total. The van der Waals surface area contributed by atoms with Crippen molar-refractivity contribution in [3.63, 3.8) is 0 Å². The van der Waals surface area contributed by atoms with Crippen LogP contribution >= 0.6 is 11.6 Å². The Balaban J connectivity index is 2.34. The molecular weight excluding hydrogens is 282 g/mol. The van der Waals surface area contributed by atoms with Crippen LogP contribution in [0.25, 0.3) is 0 Å². The molecule has 0 saturated carbocycles. The average molecular weight is 298 g/mol. The summed E-state index contributed by atoms with van der Waals surface area (Å²) in [5.74, 6) is 0.326. The molecule has 1 unspecified atom stereocenters. The summed E-state index contributed by atoms with van der Waals surface area (Å²) in [6, 6.07) is 5.55. The van der Waals surface area contributed by atoms with Crippen LogP contribution in [0.15, 0.2) is 23.1 Å². The Morgan fingerprint density at radius 1 is 1.42 bits per heavy atom. The predicted octanol–water partition coefficient (Wildman–Crippen LogP) is 2.58. The number of nitrogens with two attached hydrogens (primary N) is 1. The van der Waals surface area contributed by atoms with Crippen LogP contribution < -0.4 is 5.73 Å². The van der Waals surface area contributed by atoms with Crippen LogP contribution in [0.5, 0.6) is 0 Å². The van der Waals surface area contributed by atoms with Gasteiger partial charge in [-0.05, 0) is 25.5 Å². The molecule has 6 heteroatoms. The summed E-state index contributed by atoms with van der Waals surface area (Å²) < 4.78 is 14.0. The Hall–Kier alpha value is -1.33. The highest BCUT2D eigenvalue weighted by Gasteiger charge is 2.17. The van der Waals surface area contributed by atoms with Crippen LogP contribution in [0.1, 0.15) is 16.8 Å². The Morgan fingerprint density at radius 2 is 2.11 bits per heavy atom. The number of hydrogen-bond acceptors (Lipinski definition) is 3. The number of anilines is 1. The summed E-state index contributed by atoms with van der Waals surface area (Å²) >= 11 is 6.15. The van der Waals surface area contributed by atoms with Gasteiger partial charge in [0.05, 0.1) is 32.8 Å². The molecule has 19 heavy (non-hydrogen) atoms. The molecule has 0 spiro atoms. The van der Waals surface area contributed by atoms with Crippen LogP contribution in [0.3, 0.4) is 0 Å². The number of benzene rings is 1. The number of aryl methyl sites for hydroxylation is 3. The minimum absolute atomic E-state index is 0.326. The maximum atomic E-state index is 12.4. The summed E-state index contributed by atoms with van der Waals surface area (Å²) in [5.41, 5.74) is 9.09. The third kappa shape index (κ3) is 2.67. The van der Waals surface area contributed by atoms with E-state index in [1.54, 1.807) is 17.8 Å². The molecule has 0 fully saturated rings. The SMILES string of the molecule is Cc1cccc(S(=O)Cc2c(C)nn(C)c2Cl)c1N. The van der Waals surface area contributed by atoms with E-state index < -0.39 is 10.8 Å². The third-order valence-corrected chi connectivity index (χ3v) is 4.94. The zero-order valence-corrected chi connectivity index (χ0v) is 12.7. The summed E-state index contributed by atoms with van der Waals surface area (Å²) in [6.07, 6.45) is 0. The first-order chi connectivity index (χ1) is 8.91. The maximum Gasteiger partial charge on any atom is 0.131 e. The molecule has 1 aromatic heterocycles. The number of rotatable bonds is 3. The van der Waals surface area contributed by atoms with Crippen molar-refractivity contribution in [1.82, 2.24) is 9.78 Å². The lowest BCUT2D eigenvalue weighted by atomic mass is 10.2. The van der Waals surface area contributed by atoms with Gasteiger partial charge in [-0.15, -0.1) is 0 Å². The van der Waals surface area contributed by atoms with Gasteiger partial charge in [-0.25, -0.2) is 0 Å². The standard InChI is InChI=1S/C13H16ClN3OS/c1-8-5-4-6-11(12(8)15)19(18)7-10-9(2)16-17(3)13(10)14/h4-6H,7,15H2,1-3H3. The van der Waals surface area contributed by atoms with Gasteiger partial charge in [-0.1, -0.05) is 23.7 Å². The van der Waals surface area contributed by atoms with Crippen molar-refractivity contribution in [2.75, 3.05) is 5.73 Å². The van der Waals surface area contributed by atoms with Crippen molar-refractivity contribution in [2.45, 2.75) is 24.5 Å². The predicted molar refractivity (Wildman–Crippen MR) is 78.7 cm³/mol. The Kier molecular flexibility index (Phi) is 3.96. The zero-order valence-electron chi connectivity index (χ0n) is 11.1. The molecule has 102 valence electrons. The molecule has 0 radical (unpaired) electrons. The highest BCUT2D eigenvalue weighted by Crippen LogP contribution is 2.26. The third-order valence-electron chi connectivity index (χ3n) is 3.07. The number of halogens is 1. The fourth-order valence-corrected chi connectivity index (χ4v) is 3.62. The van der Waals surface area contributed by atoms with Crippen molar-refractivity contribution < 1.29 is 4.21 Å². The van der Waals surface area contributed by atoms with Gasteiger partial charge in [-0.2, -0.15) is 5.10 Å². The molecule has 2 N–H and O–H groups in total. The van der Waals surface area contributed by atoms with E-state index in [2.05, 4.69) is 5.10 Å². The smallest absolute Gasteiger partial charge is 0.131 e. The first kappa shape index (κ1) is 14.1. The lowest BCUT2D eigenvalue weighted by Crippen LogP contribution is -2.03. The van der Waals surface area contributed by atoms with Gasteiger partial charge in [0.15, 0.2) is 0 Å². The van der Waals surface area contributed by atoms with Crippen molar-refractivity contribution in [3.05, 3.63) is 40.2 Å². The van der Waals surface area contributed by atoms with Gasteiger partial charge in [0.25, 0.3) is 0 Å². The van der Waals surface area contributed by atoms with E-state index in [-0.39, 0.29) is 0 Å². The molecule has 0 aliphatic rings. The maximum absolute atomic E-state index is 12.4. The molecule has 2 rings (SSSR count). The number of aromatic nitrogens is 2. The van der Waals surface area contributed by atoms with E-state index in [0.29, 0.717) is 21.5 Å². The molecule has 2 aromatic rings. The second-order valence-electron chi connectivity index (χ2n) is 4.45. The summed E-state index contributed by atoms with van der Waals surface area (Å²) in [6.45, 7) is 3.76. The van der Waals surface area contributed by atoms with Crippen LogP contribution in [0.4, 0.5) is 5.69 Å². The molecule has 0 saturated heterocycles. The van der Waals surface area contributed by atoms with Gasteiger partial charge < -0.3 is 5.73 Å². The van der Waals surface area contributed by atoms with E-state index in [0.717, 1.165) is 16.8 Å². The second kappa shape index (κ2) is 5.35.